The maximum atomic E-state index is 12.7. The first kappa shape index (κ1) is 8.47. The van der Waals surface area contributed by atoms with E-state index in [2.05, 4.69) is 0 Å². The van der Waals surface area contributed by atoms with E-state index < -0.39 is 11.6 Å². The van der Waals surface area contributed by atoms with Gasteiger partial charge in [0.1, 0.15) is 0 Å². The number of hydrogen-bond donors (Lipinski definition) is 0. The van der Waals surface area contributed by atoms with Crippen molar-refractivity contribution >= 4 is 22.6 Å². The average Bonchev–Trinajstić information content (AvgIpc) is 2.01. The lowest BCUT2D eigenvalue weighted by molar-refractivity contribution is 0.501. The van der Waals surface area contributed by atoms with Crippen LogP contribution < -0.4 is 0 Å². The van der Waals surface area contributed by atoms with Gasteiger partial charge in [-0.3, -0.25) is 0 Å². The Morgan fingerprint density at radius 3 is 2.45 bits per heavy atom. The summed E-state index contributed by atoms with van der Waals surface area (Å²) in [7, 11) is 0. The van der Waals surface area contributed by atoms with Crippen LogP contribution in [0.2, 0.25) is 0 Å². The SMILES string of the molecule is C#Cc1ccc(I)c(F)c1F. The molecule has 0 saturated carbocycles. The molecular weight excluding hydrogens is 261 g/mol. The van der Waals surface area contributed by atoms with E-state index in [1.54, 1.807) is 22.6 Å². The van der Waals surface area contributed by atoms with Crippen molar-refractivity contribution in [1.82, 2.24) is 0 Å². The van der Waals surface area contributed by atoms with Crippen molar-refractivity contribution in [3.63, 3.8) is 0 Å². The Bertz CT molecular complexity index is 326. The quantitative estimate of drug-likeness (QED) is 0.384. The lowest BCUT2D eigenvalue weighted by Gasteiger charge is -1.97. The molecular formula is C8H3F2I. The van der Waals surface area contributed by atoms with Gasteiger partial charge in [-0.25, -0.2) is 8.78 Å². The van der Waals surface area contributed by atoms with Crippen molar-refractivity contribution < 1.29 is 8.78 Å². The lowest BCUT2D eigenvalue weighted by Crippen LogP contribution is -1.92. The third kappa shape index (κ3) is 1.51. The maximum Gasteiger partial charge on any atom is 0.175 e. The van der Waals surface area contributed by atoms with Gasteiger partial charge in [0.05, 0.1) is 9.13 Å². The summed E-state index contributed by atoms with van der Waals surface area (Å²) in [5.41, 5.74) is -0.0390. The van der Waals surface area contributed by atoms with Gasteiger partial charge in [0.15, 0.2) is 11.6 Å². The smallest absolute Gasteiger partial charge is 0.175 e. The highest BCUT2D eigenvalue weighted by Crippen LogP contribution is 2.16. The van der Waals surface area contributed by atoms with Crippen molar-refractivity contribution in [3.05, 3.63) is 32.9 Å². The van der Waals surface area contributed by atoms with Crippen LogP contribution in [0, 0.1) is 27.5 Å². The predicted molar refractivity (Wildman–Crippen MR) is 47.0 cm³/mol. The maximum absolute atomic E-state index is 12.7. The molecule has 3 heteroatoms. The molecule has 11 heavy (non-hydrogen) atoms. The minimum absolute atomic E-state index is 0.0390. The molecule has 0 N–H and O–H groups in total. The largest absolute Gasteiger partial charge is 0.203 e. The molecule has 0 nitrogen and oxygen atoms in total. The first-order chi connectivity index (χ1) is 5.16. The van der Waals surface area contributed by atoms with Gasteiger partial charge in [-0.2, -0.15) is 0 Å². The lowest BCUT2D eigenvalue weighted by atomic mass is 10.2. The van der Waals surface area contributed by atoms with Gasteiger partial charge in [0, 0.05) is 0 Å². The first-order valence-electron chi connectivity index (χ1n) is 2.77. The summed E-state index contributed by atoms with van der Waals surface area (Å²) in [6, 6.07) is 2.81. The Morgan fingerprint density at radius 1 is 1.27 bits per heavy atom. The molecule has 0 aliphatic carbocycles. The average molecular weight is 264 g/mol. The molecule has 0 spiro atoms. The molecule has 0 radical (unpaired) electrons. The van der Waals surface area contributed by atoms with Crippen LogP contribution in [0.4, 0.5) is 8.78 Å². The highest BCUT2D eigenvalue weighted by atomic mass is 127. The molecule has 0 heterocycles. The second-order valence-electron chi connectivity index (χ2n) is 1.87. The van der Waals surface area contributed by atoms with Crippen LogP contribution in [0.1, 0.15) is 5.56 Å². The van der Waals surface area contributed by atoms with Crippen molar-refractivity contribution in [2.24, 2.45) is 0 Å². The number of terminal acetylenes is 1. The van der Waals surface area contributed by atoms with Gasteiger partial charge in [-0.05, 0) is 34.7 Å². The molecule has 1 aromatic rings. The zero-order valence-corrected chi connectivity index (χ0v) is 7.52. The molecule has 0 fully saturated rings. The number of rotatable bonds is 0. The summed E-state index contributed by atoms with van der Waals surface area (Å²) < 4.78 is 25.7. The fourth-order valence-corrected chi connectivity index (χ4v) is 1.05. The Labute approximate surface area is 76.8 Å². The van der Waals surface area contributed by atoms with Gasteiger partial charge >= 0.3 is 0 Å². The van der Waals surface area contributed by atoms with E-state index in [1.165, 1.54) is 12.1 Å². The van der Waals surface area contributed by atoms with Crippen molar-refractivity contribution in [2.75, 3.05) is 0 Å². The second-order valence-corrected chi connectivity index (χ2v) is 3.03. The van der Waals surface area contributed by atoms with E-state index in [1.807, 2.05) is 5.92 Å². The Morgan fingerprint density at radius 2 is 1.91 bits per heavy atom. The summed E-state index contributed by atoms with van der Waals surface area (Å²) in [5.74, 6) is 0.226. The molecule has 0 bridgehead atoms. The van der Waals surface area contributed by atoms with E-state index in [4.69, 9.17) is 6.42 Å². The fourth-order valence-electron chi connectivity index (χ4n) is 0.637. The first-order valence-corrected chi connectivity index (χ1v) is 3.85. The van der Waals surface area contributed by atoms with Crippen molar-refractivity contribution in [3.8, 4) is 12.3 Å². The van der Waals surface area contributed by atoms with Crippen LogP contribution in [-0.4, -0.2) is 0 Å². The Hall–Kier alpha value is -0.630. The fraction of sp³-hybridized carbons (Fsp3) is 0. The van der Waals surface area contributed by atoms with Gasteiger partial charge < -0.3 is 0 Å². The number of hydrogen-bond acceptors (Lipinski definition) is 0. The van der Waals surface area contributed by atoms with Gasteiger partial charge in [0.25, 0.3) is 0 Å². The van der Waals surface area contributed by atoms with Crippen molar-refractivity contribution in [2.45, 2.75) is 0 Å². The van der Waals surface area contributed by atoms with E-state index in [9.17, 15) is 8.78 Å². The zero-order valence-electron chi connectivity index (χ0n) is 5.37. The van der Waals surface area contributed by atoms with E-state index in [-0.39, 0.29) is 9.13 Å². The van der Waals surface area contributed by atoms with E-state index >= 15 is 0 Å². The van der Waals surface area contributed by atoms with Crippen LogP contribution >= 0.6 is 22.6 Å². The summed E-state index contributed by atoms with van der Waals surface area (Å²) in [5, 5.41) is 0. The number of benzene rings is 1. The highest BCUT2D eigenvalue weighted by Gasteiger charge is 2.09. The summed E-state index contributed by atoms with van der Waals surface area (Å²) in [6.07, 6.45) is 4.91. The molecule has 1 aromatic carbocycles. The zero-order chi connectivity index (χ0) is 8.43. The van der Waals surface area contributed by atoms with Gasteiger partial charge in [0.2, 0.25) is 0 Å². The van der Waals surface area contributed by atoms with Crippen molar-refractivity contribution in [1.29, 1.82) is 0 Å². The molecule has 0 aliphatic heterocycles. The summed E-state index contributed by atoms with van der Waals surface area (Å²) >= 11 is 1.70. The molecule has 0 aromatic heterocycles. The van der Waals surface area contributed by atoms with Crippen LogP contribution in [0.25, 0.3) is 0 Å². The third-order valence-electron chi connectivity index (χ3n) is 1.19. The molecule has 0 amide bonds. The monoisotopic (exact) mass is 264 g/mol. The second kappa shape index (κ2) is 3.18. The summed E-state index contributed by atoms with van der Waals surface area (Å²) in [4.78, 5) is 0. The molecule has 0 aliphatic rings. The molecule has 1 rings (SSSR count). The molecule has 0 atom stereocenters. The Balaban J connectivity index is 3.40. The standard InChI is InChI=1S/C8H3F2I/c1-2-5-3-4-6(11)8(10)7(5)9/h1,3-4H. The van der Waals surface area contributed by atoms with Crippen LogP contribution in [0.5, 0.6) is 0 Å². The third-order valence-corrected chi connectivity index (χ3v) is 2.02. The molecule has 0 unspecified atom stereocenters. The van der Waals surface area contributed by atoms with E-state index in [0.29, 0.717) is 0 Å². The minimum atomic E-state index is -0.945. The predicted octanol–water partition coefficient (Wildman–Crippen LogP) is 2.55. The number of halogens is 3. The Kier molecular flexibility index (Phi) is 2.45. The molecule has 0 saturated heterocycles. The van der Waals surface area contributed by atoms with Gasteiger partial charge in [-0.1, -0.05) is 5.92 Å². The normalized spacial score (nSPS) is 9.27. The highest BCUT2D eigenvalue weighted by molar-refractivity contribution is 14.1. The van der Waals surface area contributed by atoms with E-state index in [0.717, 1.165) is 0 Å². The van der Waals surface area contributed by atoms with Gasteiger partial charge in [-0.15, -0.1) is 6.42 Å². The topological polar surface area (TPSA) is 0 Å². The summed E-state index contributed by atoms with van der Waals surface area (Å²) in [6.45, 7) is 0. The van der Waals surface area contributed by atoms with Crippen LogP contribution in [-0.2, 0) is 0 Å². The van der Waals surface area contributed by atoms with Crippen LogP contribution in [0.3, 0.4) is 0 Å². The molecule has 56 valence electrons. The minimum Gasteiger partial charge on any atom is -0.203 e. The van der Waals surface area contributed by atoms with Crippen LogP contribution in [0.15, 0.2) is 12.1 Å².